The first kappa shape index (κ1) is 22.4. The van der Waals surface area contributed by atoms with Crippen LogP contribution >= 0.6 is 0 Å². The fraction of sp³-hybridized carbons (Fsp3) is 0.310. The van der Waals surface area contributed by atoms with Crippen LogP contribution < -0.4 is 0 Å². The molecule has 1 aliphatic heterocycles. The van der Waals surface area contributed by atoms with Crippen LogP contribution in [0.3, 0.4) is 0 Å². The Kier molecular flexibility index (Phi) is 5.96. The monoisotopic (exact) mass is 452 g/mol. The minimum atomic E-state index is 0.00752. The van der Waals surface area contributed by atoms with Crippen molar-refractivity contribution in [1.82, 2.24) is 19.8 Å². The van der Waals surface area contributed by atoms with Crippen molar-refractivity contribution in [3.63, 3.8) is 0 Å². The Morgan fingerprint density at radius 2 is 1.82 bits per heavy atom. The van der Waals surface area contributed by atoms with Gasteiger partial charge in [0.1, 0.15) is 5.65 Å². The predicted molar refractivity (Wildman–Crippen MR) is 139 cm³/mol. The summed E-state index contributed by atoms with van der Waals surface area (Å²) in [5.74, 6) is 0.625. The number of H-pyrrole nitrogens is 1. The summed E-state index contributed by atoms with van der Waals surface area (Å²) in [6.07, 6.45) is 6.48. The number of hydrogen-bond acceptors (Lipinski definition) is 3. The van der Waals surface area contributed by atoms with Crippen LogP contribution in [-0.4, -0.2) is 59.9 Å². The van der Waals surface area contributed by atoms with Gasteiger partial charge in [-0.3, -0.25) is 4.79 Å². The molecule has 1 N–H and O–H groups in total. The van der Waals surface area contributed by atoms with Gasteiger partial charge in [-0.2, -0.15) is 0 Å². The lowest BCUT2D eigenvalue weighted by Crippen LogP contribution is -2.31. The molecular formula is C29H32N4O. The molecular weight excluding hydrogens is 420 g/mol. The average Bonchev–Trinajstić information content (AvgIpc) is 3.27. The van der Waals surface area contributed by atoms with E-state index in [1.165, 1.54) is 36.1 Å². The molecule has 1 aliphatic rings. The quantitative estimate of drug-likeness (QED) is 0.431. The van der Waals surface area contributed by atoms with E-state index in [0.717, 1.165) is 34.3 Å². The zero-order valence-electron chi connectivity index (χ0n) is 20.4. The van der Waals surface area contributed by atoms with Crippen LogP contribution in [0.5, 0.6) is 0 Å². The molecule has 3 heterocycles. The number of hydrogen-bond donors (Lipinski definition) is 1. The highest BCUT2D eigenvalue weighted by atomic mass is 16.2. The van der Waals surface area contributed by atoms with Crippen molar-refractivity contribution in [3.05, 3.63) is 77.6 Å². The standard InChI is InChI=1S/C29H32N4O/c1-19-14-22(11-12-25(19)23-6-5-13-33(4)18-23)24-15-26-27(17-31-28(26)30-16-24)20-7-9-21(10-8-20)29(34)32(2)3/h7-12,14-17,23H,5-6,13,18H2,1-4H3,(H,30,31)/t23-/m0/s1. The third kappa shape index (κ3) is 4.24. The Morgan fingerprint density at radius 1 is 1.06 bits per heavy atom. The van der Waals surface area contributed by atoms with Crippen molar-refractivity contribution in [2.24, 2.45) is 0 Å². The summed E-state index contributed by atoms with van der Waals surface area (Å²) in [4.78, 5) is 24.3. The van der Waals surface area contributed by atoms with E-state index >= 15 is 0 Å². The van der Waals surface area contributed by atoms with Crippen molar-refractivity contribution in [2.75, 3.05) is 34.2 Å². The fourth-order valence-electron chi connectivity index (χ4n) is 5.18. The number of carbonyl (C=O) groups is 1. The molecule has 0 radical (unpaired) electrons. The summed E-state index contributed by atoms with van der Waals surface area (Å²) in [5.41, 5.74) is 8.84. The molecule has 1 saturated heterocycles. The number of amides is 1. The van der Waals surface area contributed by atoms with Gasteiger partial charge in [-0.1, -0.05) is 30.3 Å². The number of aryl methyl sites for hydroxylation is 1. The van der Waals surface area contributed by atoms with E-state index in [4.69, 9.17) is 4.98 Å². The second-order valence-electron chi connectivity index (χ2n) is 9.77. The van der Waals surface area contributed by atoms with Crippen molar-refractivity contribution < 1.29 is 4.79 Å². The van der Waals surface area contributed by atoms with Crippen LogP contribution in [0.25, 0.3) is 33.3 Å². The highest BCUT2D eigenvalue weighted by Crippen LogP contribution is 2.34. The maximum absolute atomic E-state index is 12.2. The van der Waals surface area contributed by atoms with Gasteiger partial charge in [-0.25, -0.2) is 4.98 Å². The lowest BCUT2D eigenvalue weighted by molar-refractivity contribution is 0.0827. The van der Waals surface area contributed by atoms with Gasteiger partial charge in [0.05, 0.1) is 0 Å². The maximum atomic E-state index is 12.2. The topological polar surface area (TPSA) is 52.2 Å². The Bertz CT molecular complexity index is 1340. The molecule has 174 valence electrons. The average molecular weight is 453 g/mol. The van der Waals surface area contributed by atoms with Gasteiger partial charge in [0.15, 0.2) is 0 Å². The summed E-state index contributed by atoms with van der Waals surface area (Å²) >= 11 is 0. The molecule has 0 bridgehead atoms. The van der Waals surface area contributed by atoms with Gasteiger partial charge in [0.25, 0.3) is 5.91 Å². The van der Waals surface area contributed by atoms with Crippen molar-refractivity contribution in [2.45, 2.75) is 25.7 Å². The molecule has 5 rings (SSSR count). The molecule has 5 nitrogen and oxygen atoms in total. The smallest absolute Gasteiger partial charge is 0.253 e. The van der Waals surface area contributed by atoms with E-state index in [0.29, 0.717) is 11.5 Å². The number of carbonyl (C=O) groups excluding carboxylic acids is 1. The number of likely N-dealkylation sites (tertiary alicyclic amines) is 1. The molecule has 1 fully saturated rings. The molecule has 4 aromatic rings. The first-order valence-electron chi connectivity index (χ1n) is 12.0. The maximum Gasteiger partial charge on any atom is 0.253 e. The van der Waals surface area contributed by atoms with Crippen LogP contribution in [0, 0.1) is 6.92 Å². The van der Waals surface area contributed by atoms with Crippen LogP contribution in [0.1, 0.15) is 40.2 Å². The molecule has 0 aliphatic carbocycles. The summed E-state index contributed by atoms with van der Waals surface area (Å²) in [7, 11) is 5.76. The Balaban J connectivity index is 1.46. The zero-order valence-corrected chi connectivity index (χ0v) is 20.4. The number of aromatic nitrogens is 2. The van der Waals surface area contributed by atoms with Crippen molar-refractivity contribution in [3.8, 4) is 22.3 Å². The van der Waals surface area contributed by atoms with E-state index in [-0.39, 0.29) is 5.91 Å². The van der Waals surface area contributed by atoms with E-state index in [1.807, 2.05) is 36.7 Å². The minimum absolute atomic E-state index is 0.00752. The molecule has 0 saturated carbocycles. The zero-order chi connectivity index (χ0) is 23.8. The Morgan fingerprint density at radius 3 is 2.53 bits per heavy atom. The summed E-state index contributed by atoms with van der Waals surface area (Å²) in [5, 5.41) is 1.08. The second kappa shape index (κ2) is 9.07. The molecule has 0 spiro atoms. The van der Waals surface area contributed by atoms with Crippen LogP contribution in [-0.2, 0) is 0 Å². The van der Waals surface area contributed by atoms with Gasteiger partial charge >= 0.3 is 0 Å². The number of rotatable bonds is 4. The van der Waals surface area contributed by atoms with Gasteiger partial charge in [0.2, 0.25) is 0 Å². The summed E-state index contributed by atoms with van der Waals surface area (Å²) < 4.78 is 0. The third-order valence-electron chi connectivity index (χ3n) is 7.05. The number of likely N-dealkylation sites (N-methyl/N-ethyl adjacent to an activating group) is 1. The van der Waals surface area contributed by atoms with Gasteiger partial charge in [-0.15, -0.1) is 0 Å². The molecule has 2 aromatic carbocycles. The predicted octanol–water partition coefficient (Wildman–Crippen LogP) is 5.72. The highest BCUT2D eigenvalue weighted by molar-refractivity contribution is 5.98. The number of benzene rings is 2. The number of piperidine rings is 1. The minimum Gasteiger partial charge on any atom is -0.346 e. The number of fused-ring (bicyclic) bond motifs is 1. The lowest BCUT2D eigenvalue weighted by atomic mass is 9.87. The third-order valence-corrected chi connectivity index (χ3v) is 7.05. The normalized spacial score (nSPS) is 16.6. The van der Waals surface area contributed by atoms with E-state index in [9.17, 15) is 4.79 Å². The number of pyridine rings is 1. The van der Waals surface area contributed by atoms with Gasteiger partial charge in [0, 0.05) is 55.1 Å². The molecule has 5 heteroatoms. The Hall–Kier alpha value is -3.44. The van der Waals surface area contributed by atoms with Gasteiger partial charge < -0.3 is 14.8 Å². The molecule has 0 unspecified atom stereocenters. The summed E-state index contributed by atoms with van der Waals surface area (Å²) in [6, 6.07) is 16.9. The number of aromatic amines is 1. The number of nitrogens with zero attached hydrogens (tertiary/aromatic N) is 3. The largest absolute Gasteiger partial charge is 0.346 e. The van der Waals surface area contributed by atoms with Crippen molar-refractivity contribution >= 4 is 16.9 Å². The lowest BCUT2D eigenvalue weighted by Gasteiger charge is -2.31. The fourth-order valence-corrected chi connectivity index (χ4v) is 5.18. The van der Waals surface area contributed by atoms with E-state index < -0.39 is 0 Å². The van der Waals surface area contributed by atoms with E-state index in [1.54, 1.807) is 19.0 Å². The molecule has 34 heavy (non-hydrogen) atoms. The van der Waals surface area contributed by atoms with E-state index in [2.05, 4.69) is 48.1 Å². The van der Waals surface area contributed by atoms with Crippen LogP contribution in [0.4, 0.5) is 0 Å². The SMILES string of the molecule is Cc1cc(-c2cnc3[nH]cc(-c4ccc(C(=O)N(C)C)cc4)c3c2)ccc1[C@H]1CCCN(C)C1. The first-order chi connectivity index (χ1) is 16.4. The Labute approximate surface area is 201 Å². The first-order valence-corrected chi connectivity index (χ1v) is 12.0. The number of nitrogens with one attached hydrogen (secondary N) is 1. The van der Waals surface area contributed by atoms with Crippen LogP contribution in [0.15, 0.2) is 60.9 Å². The second-order valence-corrected chi connectivity index (χ2v) is 9.77. The van der Waals surface area contributed by atoms with Gasteiger partial charge in [-0.05, 0) is 79.7 Å². The molecule has 1 amide bonds. The highest BCUT2D eigenvalue weighted by Gasteiger charge is 2.20. The summed E-state index contributed by atoms with van der Waals surface area (Å²) in [6.45, 7) is 4.57. The molecule has 1 atom stereocenters. The van der Waals surface area contributed by atoms with Crippen LogP contribution in [0.2, 0.25) is 0 Å². The van der Waals surface area contributed by atoms with Crippen molar-refractivity contribution in [1.29, 1.82) is 0 Å². The molecule has 2 aromatic heterocycles.